The summed E-state index contributed by atoms with van der Waals surface area (Å²) in [7, 11) is 0. The van der Waals surface area contributed by atoms with Gasteiger partial charge in [-0.2, -0.15) is 0 Å². The predicted octanol–water partition coefficient (Wildman–Crippen LogP) is -2.08. The normalized spacial score (nSPS) is 18.3. The van der Waals surface area contributed by atoms with Gasteiger partial charge in [-0.1, -0.05) is 36.4 Å². The van der Waals surface area contributed by atoms with Crippen LogP contribution in [0.3, 0.4) is 0 Å². The van der Waals surface area contributed by atoms with Crippen LogP contribution in [0.4, 0.5) is 0 Å². The third-order valence-corrected chi connectivity index (χ3v) is 5.09. The van der Waals surface area contributed by atoms with Crippen LogP contribution in [0, 0.1) is 0 Å². The number of hydrogen-bond acceptors (Lipinski definition) is 10. The molecule has 0 radical (unpaired) electrons. The fourth-order valence-corrected chi connectivity index (χ4v) is 2.98. The van der Waals surface area contributed by atoms with Crippen LogP contribution in [0.2, 0.25) is 0 Å². The van der Waals surface area contributed by atoms with E-state index in [-0.39, 0.29) is 6.61 Å². The van der Waals surface area contributed by atoms with E-state index in [1.165, 1.54) is 0 Å². The highest BCUT2D eigenvalue weighted by Gasteiger charge is 2.30. The first kappa shape index (κ1) is 26.1. The van der Waals surface area contributed by atoms with Gasteiger partial charge in [0.2, 0.25) is 0 Å². The number of ether oxygens (including phenoxy) is 1. The summed E-state index contributed by atoms with van der Waals surface area (Å²) in [4.78, 5) is 0. The molecule has 0 spiro atoms. The molecule has 0 saturated carbocycles. The van der Waals surface area contributed by atoms with Gasteiger partial charge in [-0.25, -0.2) is 0 Å². The lowest BCUT2D eigenvalue weighted by molar-refractivity contribution is -0.116. The molecule has 0 bridgehead atoms. The third-order valence-electron chi connectivity index (χ3n) is 5.09. The Bertz CT molecular complexity index is 797. The van der Waals surface area contributed by atoms with Crippen molar-refractivity contribution < 1.29 is 50.7 Å². The molecule has 0 fully saturated rings. The van der Waals surface area contributed by atoms with Gasteiger partial charge in [-0.05, 0) is 28.8 Å². The van der Waals surface area contributed by atoms with Crippen LogP contribution in [0.25, 0.3) is 11.1 Å². The first-order valence-corrected chi connectivity index (χ1v) is 10.0. The largest absolute Gasteiger partial charge is 0.491 e. The summed E-state index contributed by atoms with van der Waals surface area (Å²) in [6, 6.07) is 13.2. The number of rotatable bonds is 12. The maximum Gasteiger partial charge on any atom is 0.119 e. The van der Waals surface area contributed by atoms with Crippen molar-refractivity contribution in [2.45, 2.75) is 42.7 Å². The summed E-state index contributed by atoms with van der Waals surface area (Å²) in [5.74, 6) is 0.407. The lowest BCUT2D eigenvalue weighted by Gasteiger charge is -2.25. The molecule has 2 rings (SSSR count). The molecule has 0 aliphatic carbocycles. The van der Waals surface area contributed by atoms with E-state index >= 15 is 0 Å². The van der Waals surface area contributed by atoms with E-state index < -0.39 is 55.9 Å². The summed E-state index contributed by atoms with van der Waals surface area (Å²) in [6.07, 6.45) is -10.9. The van der Waals surface area contributed by atoms with Crippen LogP contribution in [0.5, 0.6) is 5.75 Å². The molecule has 10 nitrogen and oxygen atoms in total. The van der Waals surface area contributed by atoms with Gasteiger partial charge in [0.1, 0.15) is 55.1 Å². The molecule has 178 valence electrons. The monoisotopic (exact) mass is 454 g/mol. The molecule has 1 unspecified atom stereocenters. The molecule has 0 amide bonds. The van der Waals surface area contributed by atoms with Crippen molar-refractivity contribution in [2.24, 2.45) is 0 Å². The van der Waals surface area contributed by atoms with Crippen LogP contribution in [0.15, 0.2) is 48.5 Å². The highest BCUT2D eigenvalue weighted by molar-refractivity contribution is 5.64. The summed E-state index contributed by atoms with van der Waals surface area (Å²) in [5.41, 5.74) is 1.88. The van der Waals surface area contributed by atoms with Crippen molar-refractivity contribution in [1.82, 2.24) is 0 Å². The van der Waals surface area contributed by atoms with Crippen molar-refractivity contribution in [3.05, 3.63) is 54.1 Å². The molecule has 9 N–H and O–H groups in total. The van der Waals surface area contributed by atoms with Gasteiger partial charge < -0.3 is 50.7 Å². The summed E-state index contributed by atoms with van der Waals surface area (Å²) in [5, 5.41) is 85.7. The molecular formula is C22H30O10. The summed E-state index contributed by atoms with van der Waals surface area (Å²) in [6.45, 7) is -1.73. The highest BCUT2D eigenvalue weighted by atomic mass is 16.5. The van der Waals surface area contributed by atoms with Gasteiger partial charge in [0.15, 0.2) is 0 Å². The Balaban J connectivity index is 1.98. The minimum absolute atomic E-state index is 0.288. The molecule has 0 aliphatic heterocycles. The Kier molecular flexibility index (Phi) is 9.97. The minimum atomic E-state index is -1.71. The summed E-state index contributed by atoms with van der Waals surface area (Å²) >= 11 is 0. The molecule has 0 heterocycles. The van der Waals surface area contributed by atoms with Crippen molar-refractivity contribution in [3.63, 3.8) is 0 Å². The number of hydrogen-bond donors (Lipinski definition) is 9. The first-order valence-electron chi connectivity index (χ1n) is 10.0. The van der Waals surface area contributed by atoms with E-state index in [9.17, 15) is 35.7 Å². The highest BCUT2D eigenvalue weighted by Crippen LogP contribution is 2.26. The van der Waals surface area contributed by atoms with Crippen LogP contribution in [-0.2, 0) is 0 Å². The zero-order chi connectivity index (χ0) is 23.8. The predicted molar refractivity (Wildman–Crippen MR) is 113 cm³/mol. The molecule has 0 aromatic heterocycles. The molecule has 2 aromatic carbocycles. The van der Waals surface area contributed by atoms with Crippen LogP contribution in [0.1, 0.15) is 11.7 Å². The topological polar surface area (TPSA) is 191 Å². The van der Waals surface area contributed by atoms with Gasteiger partial charge in [0.25, 0.3) is 0 Å². The second-order valence-electron chi connectivity index (χ2n) is 7.44. The Morgan fingerprint density at radius 1 is 0.562 bits per heavy atom. The van der Waals surface area contributed by atoms with E-state index in [4.69, 9.17) is 14.9 Å². The lowest BCUT2D eigenvalue weighted by atomic mass is 9.95. The quantitative estimate of drug-likeness (QED) is 0.172. The van der Waals surface area contributed by atoms with Crippen molar-refractivity contribution >= 4 is 0 Å². The van der Waals surface area contributed by atoms with E-state index in [0.29, 0.717) is 11.3 Å². The number of aliphatic hydroxyl groups excluding tert-OH is 9. The van der Waals surface area contributed by atoms with Crippen molar-refractivity contribution in [2.75, 3.05) is 19.8 Å². The van der Waals surface area contributed by atoms with Gasteiger partial charge in [0, 0.05) is 0 Å². The minimum Gasteiger partial charge on any atom is -0.491 e. The van der Waals surface area contributed by atoms with Crippen LogP contribution >= 0.6 is 0 Å². The maximum absolute atomic E-state index is 10.2. The Labute approximate surface area is 184 Å². The SMILES string of the molecule is OC[C@@H](O)[C@@H](O)[C@H](O)COc1ccc(-c2ccc(C(O)[C@@H](O)[C@H](O)[C@H](O)CO)cc2)cc1. The molecule has 32 heavy (non-hydrogen) atoms. The Morgan fingerprint density at radius 2 is 1.03 bits per heavy atom. The Hall–Kier alpha value is -2.12. The van der Waals surface area contributed by atoms with Gasteiger partial charge in [-0.3, -0.25) is 0 Å². The van der Waals surface area contributed by atoms with Crippen LogP contribution < -0.4 is 4.74 Å². The molecule has 0 aliphatic rings. The molecular weight excluding hydrogens is 424 g/mol. The van der Waals surface area contributed by atoms with Gasteiger partial charge in [0.05, 0.1) is 13.2 Å². The second-order valence-corrected chi connectivity index (χ2v) is 7.44. The van der Waals surface area contributed by atoms with E-state index in [1.54, 1.807) is 48.5 Å². The van der Waals surface area contributed by atoms with E-state index in [2.05, 4.69) is 0 Å². The first-order chi connectivity index (χ1) is 15.2. The zero-order valence-electron chi connectivity index (χ0n) is 17.2. The molecule has 0 saturated heterocycles. The average Bonchev–Trinajstić information content (AvgIpc) is 2.84. The fourth-order valence-electron chi connectivity index (χ4n) is 2.98. The van der Waals surface area contributed by atoms with Crippen molar-refractivity contribution in [3.8, 4) is 16.9 Å². The lowest BCUT2D eigenvalue weighted by Crippen LogP contribution is -2.42. The smallest absolute Gasteiger partial charge is 0.119 e. The second kappa shape index (κ2) is 12.2. The number of benzene rings is 2. The standard InChI is InChI=1S/C22H30O10/c23-9-16(25)20(29)18(27)11-32-15-7-5-13(6-8-15)12-1-3-14(4-2-12)19(28)22(31)21(30)17(26)10-24/h1-8,16-31H,9-11H2/t16-,17-,18-,19?,20-,21-,22-/m1/s1. The maximum atomic E-state index is 10.2. The zero-order valence-corrected chi connectivity index (χ0v) is 17.2. The van der Waals surface area contributed by atoms with Crippen molar-refractivity contribution in [1.29, 1.82) is 0 Å². The van der Waals surface area contributed by atoms with E-state index in [0.717, 1.165) is 11.1 Å². The molecule has 2 aromatic rings. The molecule has 7 atom stereocenters. The Morgan fingerprint density at radius 3 is 1.53 bits per heavy atom. The van der Waals surface area contributed by atoms with E-state index in [1.807, 2.05) is 0 Å². The number of aliphatic hydroxyl groups is 9. The fraction of sp³-hybridized carbons (Fsp3) is 0.455. The summed E-state index contributed by atoms with van der Waals surface area (Å²) < 4.78 is 5.38. The van der Waals surface area contributed by atoms with Gasteiger partial charge >= 0.3 is 0 Å². The average molecular weight is 454 g/mol. The third kappa shape index (κ3) is 6.69. The van der Waals surface area contributed by atoms with Crippen LogP contribution in [-0.4, -0.2) is 102 Å². The van der Waals surface area contributed by atoms with Gasteiger partial charge in [-0.15, -0.1) is 0 Å². The molecule has 10 heteroatoms.